The van der Waals surface area contributed by atoms with Gasteiger partial charge in [-0.15, -0.1) is 0 Å². The summed E-state index contributed by atoms with van der Waals surface area (Å²) in [6.07, 6.45) is 0. The fourth-order valence-electron chi connectivity index (χ4n) is 2.13. The average molecular weight is 367 g/mol. The molecule has 0 aliphatic carbocycles. The Labute approximate surface area is 147 Å². The third-order valence-corrected chi connectivity index (χ3v) is 5.66. The maximum Gasteiger partial charge on any atom is 0.251 e. The maximum atomic E-state index is 12.3. The lowest BCUT2D eigenvalue weighted by atomic mass is 10.1. The molecule has 24 heavy (non-hydrogen) atoms. The van der Waals surface area contributed by atoms with Gasteiger partial charge in [0.15, 0.2) is 0 Å². The number of nitrogens with one attached hydrogen (secondary N) is 1. The standard InChI is InChI=1S/C17H19ClN2O3S/c1-12(14-5-4-6-15(18)11-14)19-17(21)13-7-9-16(10-8-13)24(22,23)20(2)3/h4-12H,1-3H3,(H,19,21)/t12-/m1/s1. The monoisotopic (exact) mass is 366 g/mol. The predicted octanol–water partition coefficient (Wildman–Crippen LogP) is 3.08. The van der Waals surface area contributed by atoms with Gasteiger partial charge in [0, 0.05) is 24.7 Å². The van der Waals surface area contributed by atoms with Crippen molar-refractivity contribution in [3.8, 4) is 0 Å². The van der Waals surface area contributed by atoms with Crippen LogP contribution in [0.1, 0.15) is 28.9 Å². The van der Waals surface area contributed by atoms with Gasteiger partial charge in [0.1, 0.15) is 0 Å². The summed E-state index contributed by atoms with van der Waals surface area (Å²) >= 11 is 5.95. The molecule has 0 spiro atoms. The molecule has 0 aliphatic rings. The SMILES string of the molecule is C[C@@H](NC(=O)c1ccc(S(=O)(=O)N(C)C)cc1)c1cccc(Cl)c1. The highest BCUT2D eigenvalue weighted by atomic mass is 35.5. The molecule has 1 N–H and O–H groups in total. The highest BCUT2D eigenvalue weighted by Gasteiger charge is 2.18. The van der Waals surface area contributed by atoms with Crippen LogP contribution in [0.2, 0.25) is 5.02 Å². The second-order valence-electron chi connectivity index (χ2n) is 5.56. The number of sulfonamides is 1. The Kier molecular flexibility index (Phi) is 5.64. The van der Waals surface area contributed by atoms with Crippen LogP contribution in [0.4, 0.5) is 0 Å². The summed E-state index contributed by atoms with van der Waals surface area (Å²) in [5.41, 5.74) is 1.28. The predicted molar refractivity (Wildman–Crippen MR) is 94.6 cm³/mol. The summed E-state index contributed by atoms with van der Waals surface area (Å²) < 4.78 is 25.2. The number of halogens is 1. The number of benzene rings is 2. The number of hydrogen-bond donors (Lipinski definition) is 1. The molecule has 0 radical (unpaired) electrons. The van der Waals surface area contributed by atoms with E-state index in [4.69, 9.17) is 11.6 Å². The Morgan fingerprint density at radius 3 is 2.29 bits per heavy atom. The van der Waals surface area contributed by atoms with Gasteiger partial charge < -0.3 is 5.32 Å². The van der Waals surface area contributed by atoms with E-state index in [0.717, 1.165) is 9.87 Å². The molecule has 2 rings (SSSR count). The van der Waals surface area contributed by atoms with E-state index in [1.54, 1.807) is 12.1 Å². The molecule has 0 aliphatic heterocycles. The molecule has 0 heterocycles. The zero-order valence-corrected chi connectivity index (χ0v) is 15.2. The minimum absolute atomic E-state index is 0.145. The second kappa shape index (κ2) is 7.34. The zero-order chi connectivity index (χ0) is 17.9. The number of hydrogen-bond acceptors (Lipinski definition) is 3. The molecule has 2 aromatic carbocycles. The van der Waals surface area contributed by atoms with E-state index < -0.39 is 10.0 Å². The summed E-state index contributed by atoms with van der Waals surface area (Å²) in [5, 5.41) is 3.47. The van der Waals surface area contributed by atoms with Crippen LogP contribution < -0.4 is 5.32 Å². The third kappa shape index (κ3) is 4.14. The van der Waals surface area contributed by atoms with Crippen LogP contribution in [0, 0.1) is 0 Å². The maximum absolute atomic E-state index is 12.3. The summed E-state index contributed by atoms with van der Waals surface area (Å²) in [6, 6.07) is 12.9. The molecule has 1 atom stereocenters. The molecule has 0 saturated carbocycles. The first-order valence-electron chi connectivity index (χ1n) is 7.31. The summed E-state index contributed by atoms with van der Waals surface area (Å²) in [6.45, 7) is 1.86. The fourth-order valence-corrected chi connectivity index (χ4v) is 3.23. The van der Waals surface area contributed by atoms with Gasteiger partial charge in [-0.05, 0) is 48.9 Å². The third-order valence-electron chi connectivity index (χ3n) is 3.59. The number of rotatable bonds is 5. The molecule has 5 nitrogen and oxygen atoms in total. The molecule has 0 saturated heterocycles. The van der Waals surface area contributed by atoms with Crippen LogP contribution in [-0.4, -0.2) is 32.7 Å². The largest absolute Gasteiger partial charge is 0.346 e. The van der Waals surface area contributed by atoms with E-state index >= 15 is 0 Å². The van der Waals surface area contributed by atoms with Crippen LogP contribution in [-0.2, 0) is 10.0 Å². The van der Waals surface area contributed by atoms with Crippen molar-refractivity contribution >= 4 is 27.5 Å². The van der Waals surface area contributed by atoms with Crippen molar-refractivity contribution in [3.63, 3.8) is 0 Å². The molecule has 1 amide bonds. The molecular formula is C17H19ClN2O3S. The van der Waals surface area contributed by atoms with Crippen LogP contribution in [0.25, 0.3) is 0 Å². The Bertz CT molecular complexity index is 833. The lowest BCUT2D eigenvalue weighted by Crippen LogP contribution is -2.27. The average Bonchev–Trinajstić information content (AvgIpc) is 2.54. The first kappa shape index (κ1) is 18.4. The summed E-state index contributed by atoms with van der Waals surface area (Å²) in [7, 11) is -0.581. The van der Waals surface area contributed by atoms with Crippen molar-refractivity contribution in [2.24, 2.45) is 0 Å². The second-order valence-corrected chi connectivity index (χ2v) is 8.15. The number of nitrogens with zero attached hydrogens (tertiary/aromatic N) is 1. The molecule has 0 fully saturated rings. The minimum Gasteiger partial charge on any atom is -0.346 e. The quantitative estimate of drug-likeness (QED) is 0.884. The van der Waals surface area contributed by atoms with Gasteiger partial charge in [-0.1, -0.05) is 23.7 Å². The molecule has 0 unspecified atom stereocenters. The summed E-state index contributed by atoms with van der Waals surface area (Å²) in [4.78, 5) is 12.4. The zero-order valence-electron chi connectivity index (χ0n) is 13.7. The van der Waals surface area contributed by atoms with Gasteiger partial charge in [-0.25, -0.2) is 12.7 Å². The molecule has 0 bridgehead atoms. The smallest absolute Gasteiger partial charge is 0.251 e. The van der Waals surface area contributed by atoms with Crippen molar-refractivity contribution in [2.75, 3.05) is 14.1 Å². The van der Waals surface area contributed by atoms with Crippen LogP contribution in [0.15, 0.2) is 53.4 Å². The van der Waals surface area contributed by atoms with Crippen molar-refractivity contribution in [1.82, 2.24) is 9.62 Å². The van der Waals surface area contributed by atoms with E-state index in [-0.39, 0.29) is 16.8 Å². The highest BCUT2D eigenvalue weighted by molar-refractivity contribution is 7.89. The van der Waals surface area contributed by atoms with Gasteiger partial charge in [0.2, 0.25) is 10.0 Å². The van der Waals surface area contributed by atoms with Gasteiger partial charge in [-0.2, -0.15) is 0 Å². The van der Waals surface area contributed by atoms with E-state index in [9.17, 15) is 13.2 Å². The normalized spacial score (nSPS) is 12.9. The molecule has 2 aromatic rings. The van der Waals surface area contributed by atoms with E-state index in [2.05, 4.69) is 5.32 Å². The Morgan fingerprint density at radius 2 is 1.75 bits per heavy atom. The van der Waals surface area contributed by atoms with Crippen molar-refractivity contribution in [1.29, 1.82) is 0 Å². The highest BCUT2D eigenvalue weighted by Crippen LogP contribution is 2.18. The van der Waals surface area contributed by atoms with Gasteiger partial charge in [0.05, 0.1) is 10.9 Å². The molecule has 0 aromatic heterocycles. The molecule has 128 valence electrons. The Balaban J connectivity index is 2.13. The topological polar surface area (TPSA) is 66.5 Å². The van der Waals surface area contributed by atoms with Gasteiger partial charge in [-0.3, -0.25) is 4.79 Å². The van der Waals surface area contributed by atoms with Crippen LogP contribution >= 0.6 is 11.6 Å². The summed E-state index contributed by atoms with van der Waals surface area (Å²) in [5.74, 6) is -0.281. The van der Waals surface area contributed by atoms with Crippen LogP contribution in [0.5, 0.6) is 0 Å². The Morgan fingerprint density at radius 1 is 1.12 bits per heavy atom. The number of carbonyl (C=O) groups is 1. The minimum atomic E-state index is -3.50. The van der Waals surface area contributed by atoms with Gasteiger partial charge >= 0.3 is 0 Å². The number of amides is 1. The first-order valence-corrected chi connectivity index (χ1v) is 9.12. The van der Waals surface area contributed by atoms with Crippen molar-refractivity contribution in [3.05, 3.63) is 64.7 Å². The van der Waals surface area contributed by atoms with Gasteiger partial charge in [0.25, 0.3) is 5.91 Å². The number of carbonyl (C=O) groups excluding carboxylic acids is 1. The van der Waals surface area contributed by atoms with Crippen molar-refractivity contribution < 1.29 is 13.2 Å². The van der Waals surface area contributed by atoms with E-state index in [0.29, 0.717) is 10.6 Å². The van der Waals surface area contributed by atoms with E-state index in [1.807, 2.05) is 19.1 Å². The molecule has 7 heteroatoms. The first-order chi connectivity index (χ1) is 11.2. The van der Waals surface area contributed by atoms with E-state index in [1.165, 1.54) is 38.4 Å². The van der Waals surface area contributed by atoms with Crippen molar-refractivity contribution in [2.45, 2.75) is 17.9 Å². The van der Waals surface area contributed by atoms with Crippen LogP contribution in [0.3, 0.4) is 0 Å². The Hall–Kier alpha value is -1.89. The lowest BCUT2D eigenvalue weighted by molar-refractivity contribution is 0.0940. The molecular weight excluding hydrogens is 348 g/mol. The fraction of sp³-hybridized carbons (Fsp3) is 0.235. The lowest BCUT2D eigenvalue weighted by Gasteiger charge is -2.15.